The molecule has 1 fully saturated rings. The number of aromatic nitrogens is 1. The lowest BCUT2D eigenvalue weighted by Crippen LogP contribution is -2.15. The molecule has 1 aliphatic rings. The van der Waals surface area contributed by atoms with Gasteiger partial charge in [-0.05, 0) is 30.5 Å². The zero-order valence-electron chi connectivity index (χ0n) is 10.8. The van der Waals surface area contributed by atoms with Gasteiger partial charge in [-0.3, -0.25) is 0 Å². The van der Waals surface area contributed by atoms with Crippen LogP contribution in [0, 0.1) is 11.6 Å². The summed E-state index contributed by atoms with van der Waals surface area (Å²) in [4.78, 5) is 4.15. The molecule has 0 spiro atoms. The van der Waals surface area contributed by atoms with Gasteiger partial charge in [-0.15, -0.1) is 0 Å². The van der Waals surface area contributed by atoms with Gasteiger partial charge in [0.25, 0.3) is 0 Å². The molecule has 2 aromatic rings. The van der Waals surface area contributed by atoms with E-state index in [0.29, 0.717) is 11.9 Å². The number of ether oxygens (including phenoxy) is 1. The molecule has 20 heavy (non-hydrogen) atoms. The molecule has 3 rings (SSSR count). The molecule has 5 heteroatoms. The van der Waals surface area contributed by atoms with Crippen molar-refractivity contribution in [1.82, 2.24) is 10.3 Å². The third-order valence-corrected chi connectivity index (χ3v) is 3.08. The van der Waals surface area contributed by atoms with Crippen molar-refractivity contribution in [2.45, 2.75) is 25.4 Å². The van der Waals surface area contributed by atoms with E-state index in [9.17, 15) is 8.78 Å². The molecular formula is C15H14F2N2O. The highest BCUT2D eigenvalue weighted by Crippen LogP contribution is 2.22. The number of nitrogens with zero attached hydrogens (tertiary/aromatic N) is 1. The Balaban J connectivity index is 1.62. The average Bonchev–Trinajstić information content (AvgIpc) is 3.26. The number of hydrogen-bond acceptors (Lipinski definition) is 3. The third-order valence-electron chi connectivity index (χ3n) is 3.08. The van der Waals surface area contributed by atoms with Gasteiger partial charge < -0.3 is 10.1 Å². The van der Waals surface area contributed by atoms with Crippen molar-refractivity contribution in [3.63, 3.8) is 0 Å². The number of rotatable bonds is 5. The van der Waals surface area contributed by atoms with E-state index in [1.54, 1.807) is 12.3 Å². The Hall–Kier alpha value is -2.01. The van der Waals surface area contributed by atoms with E-state index < -0.39 is 11.6 Å². The Bertz CT molecular complexity index is 597. The smallest absolute Gasteiger partial charge is 0.219 e. The molecule has 1 heterocycles. The first-order valence-corrected chi connectivity index (χ1v) is 6.52. The van der Waals surface area contributed by atoms with Crippen molar-refractivity contribution < 1.29 is 13.5 Å². The van der Waals surface area contributed by atoms with Crippen LogP contribution < -0.4 is 10.1 Å². The molecule has 0 aliphatic heterocycles. The van der Waals surface area contributed by atoms with Crippen LogP contribution in [0.15, 0.2) is 36.5 Å². The lowest BCUT2D eigenvalue weighted by atomic mass is 10.3. The number of nitrogens with one attached hydrogen (secondary N) is 1. The second kappa shape index (κ2) is 5.54. The van der Waals surface area contributed by atoms with Crippen LogP contribution in [0.5, 0.6) is 11.6 Å². The molecular weight excluding hydrogens is 262 g/mol. The summed E-state index contributed by atoms with van der Waals surface area (Å²) in [6.07, 6.45) is 4.19. The largest absolute Gasteiger partial charge is 0.439 e. The van der Waals surface area contributed by atoms with Crippen molar-refractivity contribution >= 4 is 0 Å². The van der Waals surface area contributed by atoms with E-state index in [2.05, 4.69) is 10.3 Å². The van der Waals surface area contributed by atoms with Crippen molar-refractivity contribution in [3.8, 4) is 11.6 Å². The molecule has 1 saturated carbocycles. The van der Waals surface area contributed by atoms with E-state index in [0.717, 1.165) is 24.2 Å². The van der Waals surface area contributed by atoms with Crippen LogP contribution in [-0.4, -0.2) is 11.0 Å². The summed E-state index contributed by atoms with van der Waals surface area (Å²) in [6.45, 7) is 0.781. The normalized spacial score (nSPS) is 14.3. The van der Waals surface area contributed by atoms with Crippen molar-refractivity contribution in [2.75, 3.05) is 0 Å². The maximum absolute atomic E-state index is 13.0. The predicted molar refractivity (Wildman–Crippen MR) is 70.5 cm³/mol. The van der Waals surface area contributed by atoms with Crippen LogP contribution in [0.25, 0.3) is 0 Å². The van der Waals surface area contributed by atoms with E-state index in [1.807, 2.05) is 6.07 Å². The lowest BCUT2D eigenvalue weighted by Gasteiger charge is -2.06. The van der Waals surface area contributed by atoms with E-state index >= 15 is 0 Å². The minimum Gasteiger partial charge on any atom is -0.439 e. The van der Waals surface area contributed by atoms with E-state index in [-0.39, 0.29) is 5.75 Å². The monoisotopic (exact) mass is 276 g/mol. The number of pyridine rings is 1. The molecule has 104 valence electrons. The first-order valence-electron chi connectivity index (χ1n) is 6.52. The number of benzene rings is 1. The second-order valence-corrected chi connectivity index (χ2v) is 4.84. The Labute approximate surface area is 115 Å². The van der Waals surface area contributed by atoms with Crippen LogP contribution >= 0.6 is 0 Å². The van der Waals surface area contributed by atoms with Gasteiger partial charge in [0.15, 0.2) is 11.6 Å². The van der Waals surface area contributed by atoms with Crippen LogP contribution in [-0.2, 0) is 6.54 Å². The Morgan fingerprint density at radius 3 is 2.65 bits per heavy atom. The van der Waals surface area contributed by atoms with Crippen LogP contribution in [0.3, 0.4) is 0 Å². The molecule has 0 unspecified atom stereocenters. The maximum atomic E-state index is 13.0. The minimum atomic E-state index is -0.937. The van der Waals surface area contributed by atoms with Crippen molar-refractivity contribution in [1.29, 1.82) is 0 Å². The summed E-state index contributed by atoms with van der Waals surface area (Å²) >= 11 is 0. The topological polar surface area (TPSA) is 34.1 Å². The summed E-state index contributed by atoms with van der Waals surface area (Å²) in [7, 11) is 0. The lowest BCUT2D eigenvalue weighted by molar-refractivity contribution is 0.447. The first-order chi connectivity index (χ1) is 9.70. The highest BCUT2D eigenvalue weighted by atomic mass is 19.2. The molecule has 3 nitrogen and oxygen atoms in total. The van der Waals surface area contributed by atoms with Gasteiger partial charge in [-0.2, -0.15) is 0 Å². The van der Waals surface area contributed by atoms with Crippen LogP contribution in [0.2, 0.25) is 0 Å². The van der Waals surface area contributed by atoms with E-state index in [4.69, 9.17) is 4.74 Å². The maximum Gasteiger partial charge on any atom is 0.219 e. The van der Waals surface area contributed by atoms with Crippen LogP contribution in [0.1, 0.15) is 18.4 Å². The summed E-state index contributed by atoms with van der Waals surface area (Å²) in [5.74, 6) is -1.26. The quantitative estimate of drug-likeness (QED) is 0.908. The van der Waals surface area contributed by atoms with Gasteiger partial charge in [0.2, 0.25) is 5.88 Å². The zero-order valence-corrected chi connectivity index (χ0v) is 10.8. The van der Waals surface area contributed by atoms with Gasteiger partial charge >= 0.3 is 0 Å². The molecule has 1 aliphatic carbocycles. The van der Waals surface area contributed by atoms with E-state index in [1.165, 1.54) is 18.9 Å². The van der Waals surface area contributed by atoms with Gasteiger partial charge in [-0.1, -0.05) is 6.07 Å². The van der Waals surface area contributed by atoms with Gasteiger partial charge in [0.05, 0.1) is 0 Å². The number of halogens is 2. The Kier molecular flexibility index (Phi) is 3.60. The standard InChI is InChI=1S/C15H14F2N2O/c16-13-5-4-12(7-14(13)17)20-15-6-1-10(9-19-15)8-18-11-2-3-11/h1,4-7,9,11,18H,2-3,8H2. The summed E-state index contributed by atoms with van der Waals surface area (Å²) in [5, 5.41) is 3.38. The highest BCUT2D eigenvalue weighted by Gasteiger charge is 2.19. The van der Waals surface area contributed by atoms with Gasteiger partial charge in [-0.25, -0.2) is 13.8 Å². The summed E-state index contributed by atoms with van der Waals surface area (Å²) in [6, 6.07) is 7.65. The molecule has 0 saturated heterocycles. The third kappa shape index (κ3) is 3.30. The Morgan fingerprint density at radius 1 is 1.15 bits per heavy atom. The molecule has 0 amide bonds. The average molecular weight is 276 g/mol. The van der Waals surface area contributed by atoms with Crippen molar-refractivity contribution in [2.24, 2.45) is 0 Å². The molecule has 0 radical (unpaired) electrons. The molecule has 0 bridgehead atoms. The highest BCUT2D eigenvalue weighted by molar-refractivity contribution is 5.28. The Morgan fingerprint density at radius 2 is 2.00 bits per heavy atom. The SMILES string of the molecule is Fc1ccc(Oc2ccc(CNC3CC3)cn2)cc1F. The van der Waals surface area contributed by atoms with Crippen molar-refractivity contribution in [3.05, 3.63) is 53.7 Å². The van der Waals surface area contributed by atoms with Gasteiger partial charge in [0, 0.05) is 30.9 Å². The molecule has 1 aromatic heterocycles. The second-order valence-electron chi connectivity index (χ2n) is 4.84. The van der Waals surface area contributed by atoms with Gasteiger partial charge in [0.1, 0.15) is 5.75 Å². The fourth-order valence-corrected chi connectivity index (χ4v) is 1.79. The molecule has 0 atom stereocenters. The fraction of sp³-hybridized carbons (Fsp3) is 0.267. The zero-order chi connectivity index (χ0) is 13.9. The fourth-order valence-electron chi connectivity index (χ4n) is 1.79. The molecule has 1 N–H and O–H groups in total. The number of hydrogen-bond donors (Lipinski definition) is 1. The molecule has 1 aromatic carbocycles. The summed E-state index contributed by atoms with van der Waals surface area (Å²) in [5.41, 5.74) is 1.06. The summed E-state index contributed by atoms with van der Waals surface area (Å²) < 4.78 is 31.2. The first kappa shape index (κ1) is 13.0. The van der Waals surface area contributed by atoms with Crippen LogP contribution in [0.4, 0.5) is 8.78 Å². The minimum absolute atomic E-state index is 0.222. The predicted octanol–water partition coefficient (Wildman–Crippen LogP) is 3.40.